The molecule has 0 amide bonds. The lowest BCUT2D eigenvalue weighted by Crippen LogP contribution is -2.07. The van der Waals surface area contributed by atoms with Gasteiger partial charge < -0.3 is 16.4 Å². The third-order valence-corrected chi connectivity index (χ3v) is 3.07. The number of anilines is 4. The van der Waals surface area contributed by atoms with Crippen LogP contribution in [0, 0.1) is 13.8 Å². The molecule has 0 atom stereocenters. The van der Waals surface area contributed by atoms with Crippen molar-refractivity contribution >= 4 is 23.0 Å². The Hall–Kier alpha value is -2.56. The first-order valence-corrected chi connectivity index (χ1v) is 6.41. The lowest BCUT2D eigenvalue weighted by molar-refractivity contribution is 1.14. The Morgan fingerprint density at radius 2 is 1.95 bits per heavy atom. The van der Waals surface area contributed by atoms with Gasteiger partial charge in [-0.2, -0.15) is 0 Å². The van der Waals surface area contributed by atoms with Crippen LogP contribution in [-0.2, 0) is 0 Å². The Morgan fingerprint density at radius 1 is 1.20 bits per heavy atom. The van der Waals surface area contributed by atoms with E-state index >= 15 is 0 Å². The van der Waals surface area contributed by atoms with Gasteiger partial charge in [0.2, 0.25) is 0 Å². The van der Waals surface area contributed by atoms with Gasteiger partial charge in [-0.25, -0.2) is 9.97 Å². The summed E-state index contributed by atoms with van der Waals surface area (Å²) in [6.45, 7) is 8.40. The molecule has 0 aliphatic carbocycles. The Balaban J connectivity index is 2.24. The van der Waals surface area contributed by atoms with Crippen molar-refractivity contribution in [1.82, 2.24) is 9.97 Å². The fourth-order valence-electron chi connectivity index (χ4n) is 1.76. The highest BCUT2D eigenvalue weighted by molar-refractivity contribution is 5.77. The average Bonchev–Trinajstić information content (AvgIpc) is 2.44. The van der Waals surface area contributed by atoms with E-state index in [1.807, 2.05) is 6.07 Å². The van der Waals surface area contributed by atoms with Crippen LogP contribution in [0.2, 0.25) is 0 Å². The Bertz CT molecular complexity index is 622. The maximum Gasteiger partial charge on any atom is 0.159 e. The molecule has 1 aromatic carbocycles. The fraction of sp³-hybridized carbons (Fsp3) is 0.200. The molecule has 0 saturated heterocycles. The van der Waals surface area contributed by atoms with Gasteiger partial charge >= 0.3 is 0 Å². The topological polar surface area (TPSA) is 75.9 Å². The molecule has 0 radical (unpaired) electrons. The number of benzene rings is 1. The summed E-state index contributed by atoms with van der Waals surface area (Å²) in [6.07, 6.45) is 3.23. The van der Waals surface area contributed by atoms with Gasteiger partial charge in [0.25, 0.3) is 0 Å². The van der Waals surface area contributed by atoms with Gasteiger partial charge in [-0.1, -0.05) is 12.1 Å². The van der Waals surface area contributed by atoms with Gasteiger partial charge in [0.15, 0.2) is 11.6 Å². The predicted octanol–water partition coefficient (Wildman–Crippen LogP) is 3.02. The third-order valence-electron chi connectivity index (χ3n) is 3.07. The lowest BCUT2D eigenvalue weighted by Gasteiger charge is -2.12. The molecule has 5 heteroatoms. The van der Waals surface area contributed by atoms with E-state index in [-0.39, 0.29) is 0 Å². The van der Waals surface area contributed by atoms with E-state index in [0.29, 0.717) is 23.9 Å². The second kappa shape index (κ2) is 6.06. The summed E-state index contributed by atoms with van der Waals surface area (Å²) in [7, 11) is 0. The van der Waals surface area contributed by atoms with Crippen LogP contribution in [0.3, 0.4) is 0 Å². The monoisotopic (exact) mass is 269 g/mol. The number of hydrogen-bond donors (Lipinski definition) is 3. The van der Waals surface area contributed by atoms with Crippen molar-refractivity contribution in [3.63, 3.8) is 0 Å². The third kappa shape index (κ3) is 3.06. The molecule has 0 unspecified atom stereocenters. The van der Waals surface area contributed by atoms with E-state index in [4.69, 9.17) is 5.73 Å². The number of hydrogen-bond acceptors (Lipinski definition) is 5. The van der Waals surface area contributed by atoms with E-state index in [2.05, 4.69) is 53.2 Å². The van der Waals surface area contributed by atoms with Gasteiger partial charge in [0.05, 0.1) is 0 Å². The first-order chi connectivity index (χ1) is 9.61. The van der Waals surface area contributed by atoms with Gasteiger partial charge in [-0.05, 0) is 37.1 Å². The van der Waals surface area contributed by atoms with Crippen molar-refractivity contribution in [2.45, 2.75) is 13.8 Å². The number of nitrogen functional groups attached to an aromatic ring is 1. The molecule has 1 heterocycles. The van der Waals surface area contributed by atoms with Gasteiger partial charge in [0.1, 0.15) is 12.0 Å². The van der Waals surface area contributed by atoms with Crippen molar-refractivity contribution in [3.05, 3.63) is 48.3 Å². The van der Waals surface area contributed by atoms with Gasteiger partial charge in [-0.15, -0.1) is 6.58 Å². The minimum absolute atomic E-state index is 0.493. The van der Waals surface area contributed by atoms with Crippen LogP contribution in [-0.4, -0.2) is 16.5 Å². The largest absolute Gasteiger partial charge is 0.393 e. The van der Waals surface area contributed by atoms with Crippen LogP contribution in [0.25, 0.3) is 0 Å². The summed E-state index contributed by atoms with van der Waals surface area (Å²) in [5, 5.41) is 6.29. The highest BCUT2D eigenvalue weighted by Crippen LogP contribution is 2.26. The normalized spacial score (nSPS) is 10.1. The number of nitrogens with one attached hydrogen (secondary N) is 2. The highest BCUT2D eigenvalue weighted by Gasteiger charge is 2.07. The van der Waals surface area contributed by atoms with Gasteiger partial charge in [0, 0.05) is 12.2 Å². The fourth-order valence-corrected chi connectivity index (χ4v) is 1.76. The molecule has 1 aromatic heterocycles. The molecular weight excluding hydrogens is 250 g/mol. The molecule has 104 valence electrons. The Labute approximate surface area is 119 Å². The molecule has 0 aliphatic rings. The van der Waals surface area contributed by atoms with Crippen LogP contribution in [0.15, 0.2) is 37.2 Å². The Kier molecular flexibility index (Phi) is 4.20. The molecule has 0 fully saturated rings. The van der Waals surface area contributed by atoms with Crippen molar-refractivity contribution < 1.29 is 0 Å². The molecule has 2 aromatic rings. The van der Waals surface area contributed by atoms with E-state index in [9.17, 15) is 0 Å². The van der Waals surface area contributed by atoms with Gasteiger partial charge in [-0.3, -0.25) is 0 Å². The molecular formula is C15H19N5. The summed E-state index contributed by atoms with van der Waals surface area (Å²) < 4.78 is 0. The maximum atomic E-state index is 6.06. The molecule has 0 aliphatic heterocycles. The molecule has 0 spiro atoms. The average molecular weight is 269 g/mol. The second-order valence-corrected chi connectivity index (χ2v) is 4.58. The van der Waals surface area contributed by atoms with E-state index in [1.165, 1.54) is 17.5 Å². The van der Waals surface area contributed by atoms with E-state index in [1.54, 1.807) is 6.08 Å². The van der Waals surface area contributed by atoms with Crippen molar-refractivity contribution in [2.75, 3.05) is 22.9 Å². The zero-order valence-corrected chi connectivity index (χ0v) is 11.8. The number of aryl methyl sites for hydroxylation is 2. The molecule has 0 bridgehead atoms. The van der Waals surface area contributed by atoms with Crippen molar-refractivity contribution in [2.24, 2.45) is 0 Å². The SMILES string of the molecule is C=CCNc1ncnc(Nc2ccc(C)c(C)c2)c1N. The molecule has 0 saturated carbocycles. The summed E-state index contributed by atoms with van der Waals surface area (Å²) in [4.78, 5) is 8.30. The number of rotatable bonds is 5. The van der Waals surface area contributed by atoms with Crippen LogP contribution >= 0.6 is 0 Å². The summed E-state index contributed by atoms with van der Waals surface area (Å²) in [5.41, 5.74) is 9.97. The number of aromatic nitrogens is 2. The van der Waals surface area contributed by atoms with Crippen LogP contribution < -0.4 is 16.4 Å². The first-order valence-electron chi connectivity index (χ1n) is 6.41. The zero-order chi connectivity index (χ0) is 14.5. The van der Waals surface area contributed by atoms with Crippen molar-refractivity contribution in [3.8, 4) is 0 Å². The highest BCUT2D eigenvalue weighted by atomic mass is 15.1. The summed E-state index contributed by atoms with van der Waals surface area (Å²) in [5.74, 6) is 1.20. The molecule has 4 N–H and O–H groups in total. The summed E-state index contributed by atoms with van der Waals surface area (Å²) >= 11 is 0. The number of nitrogens with zero attached hydrogens (tertiary/aromatic N) is 2. The predicted molar refractivity (Wildman–Crippen MR) is 84.3 cm³/mol. The first kappa shape index (κ1) is 13.9. The lowest BCUT2D eigenvalue weighted by atomic mass is 10.1. The number of nitrogens with two attached hydrogens (primary N) is 1. The van der Waals surface area contributed by atoms with Crippen molar-refractivity contribution in [1.29, 1.82) is 0 Å². The minimum atomic E-state index is 0.493. The molecule has 5 nitrogen and oxygen atoms in total. The van der Waals surface area contributed by atoms with Crippen LogP contribution in [0.5, 0.6) is 0 Å². The molecule has 20 heavy (non-hydrogen) atoms. The summed E-state index contributed by atoms with van der Waals surface area (Å²) in [6, 6.07) is 6.13. The van der Waals surface area contributed by atoms with E-state index in [0.717, 1.165) is 5.69 Å². The quantitative estimate of drug-likeness (QED) is 0.727. The van der Waals surface area contributed by atoms with Crippen LogP contribution in [0.4, 0.5) is 23.0 Å². The standard InChI is InChI=1S/C15H19N5/c1-4-7-17-14-13(16)15(19-9-18-14)20-12-6-5-10(2)11(3)8-12/h4-6,8-9H,1,7,16H2,2-3H3,(H2,17,18,19,20). The second-order valence-electron chi connectivity index (χ2n) is 4.58. The Morgan fingerprint density at radius 3 is 2.65 bits per heavy atom. The minimum Gasteiger partial charge on any atom is -0.393 e. The molecule has 2 rings (SSSR count). The van der Waals surface area contributed by atoms with Crippen LogP contribution in [0.1, 0.15) is 11.1 Å². The zero-order valence-electron chi connectivity index (χ0n) is 11.8. The van der Waals surface area contributed by atoms with E-state index < -0.39 is 0 Å². The maximum absolute atomic E-state index is 6.06. The smallest absolute Gasteiger partial charge is 0.159 e.